The summed E-state index contributed by atoms with van der Waals surface area (Å²) in [6, 6.07) is 6.14. The maximum atomic E-state index is 13.2. The number of hydrogen-bond donors (Lipinski definition) is 1. The summed E-state index contributed by atoms with van der Waals surface area (Å²) < 4.78 is 18.3. The Bertz CT molecular complexity index is 842. The number of nitrogens with one attached hydrogen (secondary N) is 1. The normalized spacial score (nSPS) is 10.7. The molecule has 2 aromatic heterocycles. The minimum atomic E-state index is -0.823. The summed E-state index contributed by atoms with van der Waals surface area (Å²) in [7, 11) is 0. The van der Waals surface area contributed by atoms with Gasteiger partial charge in [-0.2, -0.15) is 5.21 Å². The molecule has 3 aromatic rings. The molecule has 0 atom stereocenters. The van der Waals surface area contributed by atoms with Crippen molar-refractivity contribution in [2.75, 3.05) is 0 Å². The molecule has 0 aliphatic rings. The lowest BCUT2D eigenvalue weighted by atomic mass is 10.00. The van der Waals surface area contributed by atoms with Gasteiger partial charge in [-0.05, 0) is 28.5 Å². The number of nitrogens with zero attached hydrogens (tertiary/aromatic N) is 3. The highest BCUT2D eigenvalue weighted by atomic mass is 19.1. The van der Waals surface area contributed by atoms with Gasteiger partial charge < -0.3 is 4.42 Å². The molecule has 0 saturated heterocycles. The molecule has 1 aromatic carbocycles. The van der Waals surface area contributed by atoms with E-state index in [1.807, 2.05) is 0 Å². The van der Waals surface area contributed by atoms with E-state index in [0.29, 0.717) is 17.5 Å². The third kappa shape index (κ3) is 3.37. The number of ketones is 2. The van der Waals surface area contributed by atoms with Gasteiger partial charge in [0.1, 0.15) is 5.82 Å². The van der Waals surface area contributed by atoms with Crippen molar-refractivity contribution in [3.63, 3.8) is 0 Å². The minimum Gasteiger partial charge on any atom is -0.472 e. The molecule has 7 nitrogen and oxygen atoms in total. The van der Waals surface area contributed by atoms with Gasteiger partial charge >= 0.3 is 0 Å². The third-order valence-corrected chi connectivity index (χ3v) is 3.27. The van der Waals surface area contributed by atoms with Gasteiger partial charge in [0.05, 0.1) is 12.5 Å². The lowest BCUT2D eigenvalue weighted by Gasteiger charge is -2.02. The van der Waals surface area contributed by atoms with Crippen LogP contribution < -0.4 is 0 Å². The number of Topliss-reactive ketones (excluding diaryl/α,β-unsaturated/α-hetero) is 2. The van der Waals surface area contributed by atoms with Crippen LogP contribution in [0.15, 0.2) is 41.2 Å². The lowest BCUT2D eigenvalue weighted by molar-refractivity contribution is -0.114. The lowest BCUT2D eigenvalue weighted by Crippen LogP contribution is -2.18. The highest BCUT2D eigenvalue weighted by Gasteiger charge is 2.22. The van der Waals surface area contributed by atoms with Gasteiger partial charge in [0, 0.05) is 18.4 Å². The van der Waals surface area contributed by atoms with E-state index in [9.17, 15) is 14.0 Å². The Balaban J connectivity index is 1.73. The molecule has 0 amide bonds. The number of aromatic amines is 1. The van der Waals surface area contributed by atoms with Gasteiger partial charge in [-0.1, -0.05) is 12.1 Å². The Hall–Kier alpha value is -3.16. The van der Waals surface area contributed by atoms with E-state index in [2.05, 4.69) is 20.6 Å². The van der Waals surface area contributed by atoms with Crippen LogP contribution in [0.1, 0.15) is 27.3 Å². The molecule has 0 bridgehead atoms. The average Bonchev–Trinajstić information content (AvgIpc) is 3.19. The Morgan fingerprint density at radius 2 is 2.04 bits per heavy atom. The molecule has 3 rings (SSSR count). The second-order valence-electron chi connectivity index (χ2n) is 4.89. The first-order chi connectivity index (χ1) is 11.1. The van der Waals surface area contributed by atoms with E-state index in [4.69, 9.17) is 4.42 Å². The summed E-state index contributed by atoms with van der Waals surface area (Å²) in [5.41, 5.74) is 2.02. The SMILES string of the molecule is O=C(Cc1cocc1Cc1cccc(F)c1)C(=O)c1nn[nH]n1. The van der Waals surface area contributed by atoms with Crippen molar-refractivity contribution in [1.82, 2.24) is 20.6 Å². The topological polar surface area (TPSA) is 102 Å². The molecular weight excluding hydrogens is 303 g/mol. The van der Waals surface area contributed by atoms with Crippen molar-refractivity contribution >= 4 is 11.6 Å². The Kier molecular flexibility index (Phi) is 4.05. The van der Waals surface area contributed by atoms with Crippen molar-refractivity contribution in [2.45, 2.75) is 12.8 Å². The molecular formula is C15H11FN4O3. The first-order valence-corrected chi connectivity index (χ1v) is 6.73. The predicted molar refractivity (Wildman–Crippen MR) is 75.1 cm³/mol. The second kappa shape index (κ2) is 6.30. The van der Waals surface area contributed by atoms with Crippen LogP contribution in [-0.2, 0) is 17.6 Å². The zero-order valence-electron chi connectivity index (χ0n) is 11.8. The van der Waals surface area contributed by atoms with E-state index in [1.54, 1.807) is 12.1 Å². The molecule has 0 spiro atoms. The number of H-pyrrole nitrogens is 1. The largest absolute Gasteiger partial charge is 0.472 e. The number of halogens is 1. The Morgan fingerprint density at radius 3 is 2.78 bits per heavy atom. The van der Waals surface area contributed by atoms with Gasteiger partial charge in [0.15, 0.2) is 0 Å². The van der Waals surface area contributed by atoms with Gasteiger partial charge in [-0.15, -0.1) is 10.2 Å². The third-order valence-electron chi connectivity index (χ3n) is 3.27. The van der Waals surface area contributed by atoms with E-state index < -0.39 is 11.6 Å². The van der Waals surface area contributed by atoms with Crippen LogP contribution >= 0.6 is 0 Å². The summed E-state index contributed by atoms with van der Waals surface area (Å²) in [6.45, 7) is 0. The predicted octanol–water partition coefficient (Wildman–Crippen LogP) is 1.52. The van der Waals surface area contributed by atoms with Crippen LogP contribution in [0.4, 0.5) is 4.39 Å². The molecule has 116 valence electrons. The molecule has 0 aliphatic heterocycles. The Labute approximate surface area is 129 Å². The standard InChI is InChI=1S/C15H11FN4O3/c16-12-3-1-2-9(5-12)4-10-7-23-8-11(10)6-13(21)14(22)15-17-19-20-18-15/h1-3,5,7-8H,4,6H2,(H,17,18,19,20). The number of carbonyl (C=O) groups excluding carboxylic acids is 2. The second-order valence-corrected chi connectivity index (χ2v) is 4.89. The number of benzene rings is 1. The molecule has 23 heavy (non-hydrogen) atoms. The van der Waals surface area contributed by atoms with E-state index in [-0.39, 0.29) is 18.1 Å². The van der Waals surface area contributed by atoms with Crippen LogP contribution in [0.25, 0.3) is 0 Å². The minimum absolute atomic E-state index is 0.144. The monoisotopic (exact) mass is 314 g/mol. The van der Waals surface area contributed by atoms with E-state index in [1.165, 1.54) is 24.7 Å². The average molecular weight is 314 g/mol. The summed E-state index contributed by atoms with van der Waals surface area (Å²) in [4.78, 5) is 23.8. The Morgan fingerprint density at radius 1 is 1.22 bits per heavy atom. The van der Waals surface area contributed by atoms with E-state index >= 15 is 0 Å². The molecule has 1 N–H and O–H groups in total. The summed E-state index contributed by atoms with van der Waals surface area (Å²) in [5, 5.41) is 12.3. The fourth-order valence-electron chi connectivity index (χ4n) is 2.16. The molecule has 2 heterocycles. The molecule has 0 radical (unpaired) electrons. The molecule has 0 saturated carbocycles. The van der Waals surface area contributed by atoms with Crippen molar-refractivity contribution in [3.05, 3.63) is 65.1 Å². The molecule has 0 aliphatic carbocycles. The van der Waals surface area contributed by atoms with Crippen LogP contribution in [0, 0.1) is 5.82 Å². The summed E-state index contributed by atoms with van der Waals surface area (Å²) in [6.07, 6.45) is 3.13. The van der Waals surface area contributed by atoms with Crippen LogP contribution in [-0.4, -0.2) is 32.2 Å². The smallest absolute Gasteiger partial charge is 0.269 e. The van der Waals surface area contributed by atoms with Crippen molar-refractivity contribution in [3.8, 4) is 0 Å². The van der Waals surface area contributed by atoms with Gasteiger partial charge in [0.2, 0.25) is 11.6 Å². The highest BCUT2D eigenvalue weighted by Crippen LogP contribution is 2.17. The first-order valence-electron chi connectivity index (χ1n) is 6.73. The number of tetrazole rings is 1. The zero-order chi connectivity index (χ0) is 16.2. The van der Waals surface area contributed by atoms with Crippen LogP contribution in [0.3, 0.4) is 0 Å². The van der Waals surface area contributed by atoms with Crippen LogP contribution in [0.2, 0.25) is 0 Å². The highest BCUT2D eigenvalue weighted by molar-refractivity contribution is 6.43. The van der Waals surface area contributed by atoms with Gasteiger partial charge in [0.25, 0.3) is 5.78 Å². The maximum Gasteiger partial charge on any atom is 0.269 e. The molecule has 0 fully saturated rings. The number of carbonyl (C=O) groups is 2. The fourth-order valence-corrected chi connectivity index (χ4v) is 2.16. The molecule has 0 unspecified atom stereocenters. The molecule has 8 heteroatoms. The quantitative estimate of drug-likeness (QED) is 0.546. The number of aromatic nitrogens is 4. The van der Waals surface area contributed by atoms with Gasteiger partial charge in [-0.25, -0.2) is 4.39 Å². The first kappa shape index (κ1) is 14.8. The van der Waals surface area contributed by atoms with Crippen molar-refractivity contribution in [1.29, 1.82) is 0 Å². The van der Waals surface area contributed by atoms with Crippen molar-refractivity contribution < 1.29 is 18.4 Å². The van der Waals surface area contributed by atoms with Crippen molar-refractivity contribution in [2.24, 2.45) is 0 Å². The van der Waals surface area contributed by atoms with E-state index in [0.717, 1.165) is 5.56 Å². The zero-order valence-corrected chi connectivity index (χ0v) is 11.8. The van der Waals surface area contributed by atoms with Gasteiger partial charge in [-0.3, -0.25) is 9.59 Å². The number of hydrogen-bond acceptors (Lipinski definition) is 6. The summed E-state index contributed by atoms with van der Waals surface area (Å²) >= 11 is 0. The number of furan rings is 1. The summed E-state index contributed by atoms with van der Waals surface area (Å²) in [5.74, 6) is -2.11. The maximum absolute atomic E-state index is 13.2. The fraction of sp³-hybridized carbons (Fsp3) is 0.133. The van der Waals surface area contributed by atoms with Crippen LogP contribution in [0.5, 0.6) is 0 Å². The number of rotatable bonds is 6.